The van der Waals surface area contributed by atoms with Gasteiger partial charge < -0.3 is 15.4 Å². The van der Waals surface area contributed by atoms with Gasteiger partial charge in [0.1, 0.15) is 0 Å². The van der Waals surface area contributed by atoms with Crippen LogP contribution in [0.5, 0.6) is 0 Å². The molecule has 1 unspecified atom stereocenters. The van der Waals surface area contributed by atoms with Crippen molar-refractivity contribution in [2.24, 2.45) is 10.9 Å². The van der Waals surface area contributed by atoms with Gasteiger partial charge in [-0.15, -0.1) is 24.0 Å². The van der Waals surface area contributed by atoms with Gasteiger partial charge in [-0.25, -0.2) is 0 Å². The highest BCUT2D eigenvalue weighted by molar-refractivity contribution is 14.0. The second-order valence-corrected chi connectivity index (χ2v) is 7.14. The fourth-order valence-corrected chi connectivity index (χ4v) is 3.83. The van der Waals surface area contributed by atoms with Crippen molar-refractivity contribution in [2.75, 3.05) is 20.2 Å². The number of hydrogen-bond acceptors (Lipinski definition) is 4. The summed E-state index contributed by atoms with van der Waals surface area (Å²) in [6.07, 6.45) is 3.73. The van der Waals surface area contributed by atoms with E-state index < -0.39 is 0 Å². The molecule has 7 heteroatoms. The topological polar surface area (TPSA) is 62.7 Å². The van der Waals surface area contributed by atoms with Gasteiger partial charge in [-0.05, 0) is 60.9 Å². The average Bonchev–Trinajstić information content (AvgIpc) is 3.13. The Balaban J connectivity index is 0.00000312. The van der Waals surface area contributed by atoms with Crippen LogP contribution >= 0.6 is 35.3 Å². The molecule has 25 heavy (non-hydrogen) atoms. The Kier molecular flexibility index (Phi) is 10.4. The lowest BCUT2D eigenvalue weighted by Crippen LogP contribution is -2.46. The van der Waals surface area contributed by atoms with Crippen LogP contribution in [0.25, 0.3) is 0 Å². The van der Waals surface area contributed by atoms with E-state index in [1.807, 2.05) is 6.92 Å². The monoisotopic (exact) mass is 479 g/mol. The van der Waals surface area contributed by atoms with E-state index in [4.69, 9.17) is 4.74 Å². The first-order valence-corrected chi connectivity index (χ1v) is 9.74. The van der Waals surface area contributed by atoms with Crippen molar-refractivity contribution in [3.8, 4) is 0 Å². The second kappa shape index (κ2) is 11.7. The van der Waals surface area contributed by atoms with Crippen LogP contribution in [0.4, 0.5) is 0 Å². The Morgan fingerprint density at radius 3 is 2.68 bits per heavy atom. The van der Waals surface area contributed by atoms with Crippen LogP contribution in [0, 0.1) is 5.92 Å². The third-order valence-electron chi connectivity index (χ3n) is 4.60. The second-order valence-electron chi connectivity index (χ2n) is 6.36. The molecule has 0 radical (unpaired) electrons. The minimum Gasteiger partial charge on any atom is -0.466 e. The summed E-state index contributed by atoms with van der Waals surface area (Å²) >= 11 is 1.73. The highest BCUT2D eigenvalue weighted by Crippen LogP contribution is 2.25. The molecule has 0 aromatic carbocycles. The van der Waals surface area contributed by atoms with E-state index in [9.17, 15) is 4.79 Å². The summed E-state index contributed by atoms with van der Waals surface area (Å²) < 4.78 is 5.12. The molecule has 1 fully saturated rings. The van der Waals surface area contributed by atoms with Gasteiger partial charge in [0.15, 0.2) is 5.96 Å². The molecule has 142 valence electrons. The summed E-state index contributed by atoms with van der Waals surface area (Å²) in [7, 11) is 1.80. The van der Waals surface area contributed by atoms with E-state index >= 15 is 0 Å². The van der Waals surface area contributed by atoms with Crippen LogP contribution in [0.2, 0.25) is 0 Å². The maximum Gasteiger partial charge on any atom is 0.308 e. The Morgan fingerprint density at radius 2 is 2.12 bits per heavy atom. The normalized spacial score (nSPS) is 21.8. The zero-order valence-corrected chi connectivity index (χ0v) is 18.4. The highest BCUT2D eigenvalue weighted by Gasteiger charge is 2.27. The number of esters is 1. The first-order valence-electron chi connectivity index (χ1n) is 8.80. The van der Waals surface area contributed by atoms with E-state index in [-0.39, 0.29) is 35.9 Å². The Labute approximate surface area is 172 Å². The molecule has 1 saturated carbocycles. The summed E-state index contributed by atoms with van der Waals surface area (Å²) in [6, 6.07) is 2.54. The molecule has 0 bridgehead atoms. The molecule has 1 atom stereocenters. The number of halogens is 1. The van der Waals surface area contributed by atoms with Gasteiger partial charge in [0.25, 0.3) is 0 Å². The zero-order valence-electron chi connectivity index (χ0n) is 15.3. The molecule has 2 rings (SSSR count). The number of nitrogens with zero attached hydrogens (tertiary/aromatic N) is 1. The molecule has 1 heterocycles. The number of ether oxygens (including phenoxy) is 1. The van der Waals surface area contributed by atoms with Crippen molar-refractivity contribution in [3.63, 3.8) is 0 Å². The van der Waals surface area contributed by atoms with E-state index in [1.165, 1.54) is 5.56 Å². The number of guanidine groups is 1. The molecule has 5 nitrogen and oxygen atoms in total. The standard InChI is InChI=1S/C18H29N3O2S.HI/c1-4-23-17(22)14-5-7-16(8-6-14)21-18(19-3)20-11-13(2)15-9-10-24-12-15;/h9-10,12-14,16H,4-8,11H2,1-3H3,(H2,19,20,21);1H. The molecule has 0 spiro atoms. The Bertz CT molecular complexity index is 528. The maximum atomic E-state index is 11.8. The fourth-order valence-electron chi connectivity index (χ4n) is 3.04. The van der Waals surface area contributed by atoms with Crippen molar-refractivity contribution in [2.45, 2.75) is 51.5 Å². The number of rotatable bonds is 6. The van der Waals surface area contributed by atoms with Gasteiger partial charge in [0, 0.05) is 19.6 Å². The minimum absolute atomic E-state index is 0. The molecule has 0 amide bonds. The third kappa shape index (κ3) is 7.13. The third-order valence-corrected chi connectivity index (χ3v) is 5.30. The number of carbonyl (C=O) groups is 1. The van der Waals surface area contributed by atoms with E-state index in [0.29, 0.717) is 18.6 Å². The summed E-state index contributed by atoms with van der Waals surface area (Å²) in [5, 5.41) is 11.2. The molecule has 0 aliphatic heterocycles. The lowest BCUT2D eigenvalue weighted by Gasteiger charge is -2.29. The Morgan fingerprint density at radius 1 is 1.40 bits per heavy atom. The summed E-state index contributed by atoms with van der Waals surface area (Å²) in [6.45, 7) is 5.40. The summed E-state index contributed by atoms with van der Waals surface area (Å²) in [5.41, 5.74) is 1.36. The summed E-state index contributed by atoms with van der Waals surface area (Å²) in [4.78, 5) is 16.1. The highest BCUT2D eigenvalue weighted by atomic mass is 127. The van der Waals surface area contributed by atoms with Gasteiger partial charge in [-0.2, -0.15) is 11.3 Å². The smallest absolute Gasteiger partial charge is 0.308 e. The van der Waals surface area contributed by atoms with E-state index in [1.54, 1.807) is 18.4 Å². The van der Waals surface area contributed by atoms with E-state index in [2.05, 4.69) is 39.4 Å². The lowest BCUT2D eigenvalue weighted by atomic mass is 9.86. The van der Waals surface area contributed by atoms with E-state index in [0.717, 1.165) is 38.2 Å². The van der Waals surface area contributed by atoms with Crippen LogP contribution < -0.4 is 10.6 Å². The SMILES string of the molecule is CCOC(=O)C1CCC(NC(=NC)NCC(C)c2ccsc2)CC1.I. The molecule has 1 aliphatic rings. The first-order chi connectivity index (χ1) is 11.6. The molecular formula is C18H30IN3O2S. The van der Waals surface area contributed by atoms with Crippen molar-refractivity contribution < 1.29 is 9.53 Å². The van der Waals surface area contributed by atoms with Gasteiger partial charge in [0.2, 0.25) is 0 Å². The van der Waals surface area contributed by atoms with Gasteiger partial charge in [-0.1, -0.05) is 6.92 Å². The molecule has 2 N–H and O–H groups in total. The molecule has 1 aliphatic carbocycles. The van der Waals surface area contributed by atoms with Gasteiger partial charge >= 0.3 is 5.97 Å². The largest absolute Gasteiger partial charge is 0.466 e. The number of aliphatic imine (C=N–C) groups is 1. The molecule has 0 saturated heterocycles. The van der Waals surface area contributed by atoms with Crippen LogP contribution in [0.3, 0.4) is 0 Å². The Hall–Kier alpha value is -0.830. The molecule has 1 aromatic rings. The van der Waals surface area contributed by atoms with Gasteiger partial charge in [0.05, 0.1) is 12.5 Å². The van der Waals surface area contributed by atoms with Crippen LogP contribution in [0.1, 0.15) is 51.0 Å². The first kappa shape index (κ1) is 22.2. The molecule has 1 aromatic heterocycles. The maximum absolute atomic E-state index is 11.8. The van der Waals surface area contributed by atoms with Gasteiger partial charge in [-0.3, -0.25) is 9.79 Å². The van der Waals surface area contributed by atoms with Crippen molar-refractivity contribution in [1.29, 1.82) is 0 Å². The fraction of sp³-hybridized carbons (Fsp3) is 0.667. The molecular weight excluding hydrogens is 449 g/mol. The number of hydrogen-bond donors (Lipinski definition) is 2. The van der Waals surface area contributed by atoms with Crippen molar-refractivity contribution in [1.82, 2.24) is 10.6 Å². The van der Waals surface area contributed by atoms with Crippen molar-refractivity contribution in [3.05, 3.63) is 22.4 Å². The quantitative estimate of drug-likeness (QED) is 0.282. The summed E-state index contributed by atoms with van der Waals surface area (Å²) in [5.74, 6) is 1.32. The minimum atomic E-state index is -0.0388. The predicted octanol–water partition coefficient (Wildman–Crippen LogP) is 3.76. The predicted molar refractivity (Wildman–Crippen MR) is 115 cm³/mol. The zero-order chi connectivity index (χ0) is 17.4. The van der Waals surface area contributed by atoms with Crippen LogP contribution in [-0.2, 0) is 9.53 Å². The van der Waals surface area contributed by atoms with Crippen molar-refractivity contribution >= 4 is 47.2 Å². The number of carbonyl (C=O) groups excluding carboxylic acids is 1. The number of nitrogens with one attached hydrogen (secondary N) is 2. The van der Waals surface area contributed by atoms with Crippen LogP contribution in [-0.4, -0.2) is 38.2 Å². The van der Waals surface area contributed by atoms with Crippen LogP contribution in [0.15, 0.2) is 21.8 Å². The average molecular weight is 479 g/mol. The lowest BCUT2D eigenvalue weighted by molar-refractivity contribution is -0.149. The number of thiophene rings is 1.